The first kappa shape index (κ1) is 13.5. The van der Waals surface area contributed by atoms with Crippen LogP contribution in [0.2, 0.25) is 0 Å². The molecule has 5 aromatic carbocycles. The minimum absolute atomic E-state index is 0.0740. The van der Waals surface area contributed by atoms with E-state index in [0.29, 0.717) is 27.5 Å². The molecule has 0 spiro atoms. The summed E-state index contributed by atoms with van der Waals surface area (Å²) in [4.78, 5) is 0. The van der Waals surface area contributed by atoms with E-state index in [2.05, 4.69) is 33.8 Å². The third-order valence-corrected chi connectivity index (χ3v) is 7.53. The Morgan fingerprint density at radius 3 is 1.97 bits per heavy atom. The first-order valence-electron chi connectivity index (χ1n) is 16.3. The van der Waals surface area contributed by atoms with Crippen LogP contribution in [0.5, 0.6) is 0 Å². The number of benzene rings is 5. The monoisotopic (exact) mass is 449 g/mol. The van der Waals surface area contributed by atoms with Crippen molar-refractivity contribution in [3.05, 3.63) is 108 Å². The fourth-order valence-electron chi connectivity index (χ4n) is 5.46. The zero-order chi connectivity index (χ0) is 31.3. The van der Waals surface area contributed by atoms with Crippen molar-refractivity contribution in [2.45, 2.75) is 51.4 Å². The summed E-state index contributed by atoms with van der Waals surface area (Å²) in [7, 11) is 0. The van der Waals surface area contributed by atoms with E-state index in [0.717, 1.165) is 34.7 Å². The predicted octanol–water partition coefficient (Wildman–Crippen LogP) is 9.68. The molecule has 0 saturated heterocycles. The number of hydrogen-bond donors (Lipinski definition) is 0. The van der Waals surface area contributed by atoms with Crippen LogP contribution in [0, 0.1) is 0 Å². The van der Waals surface area contributed by atoms with Crippen LogP contribution in [0.1, 0.15) is 64.0 Å². The highest BCUT2D eigenvalue weighted by Crippen LogP contribution is 2.50. The summed E-state index contributed by atoms with van der Waals surface area (Å²) in [6.07, 6.45) is 1.84. The van der Waals surface area contributed by atoms with Crippen LogP contribution in [0.3, 0.4) is 0 Å². The van der Waals surface area contributed by atoms with Crippen molar-refractivity contribution in [2.75, 3.05) is 0 Å². The lowest BCUT2D eigenvalue weighted by atomic mass is 9.62. The van der Waals surface area contributed by atoms with Gasteiger partial charge in [-0.05, 0) is 96.8 Å². The van der Waals surface area contributed by atoms with E-state index in [1.165, 1.54) is 0 Å². The van der Waals surface area contributed by atoms with Gasteiger partial charge in [0, 0.05) is 0 Å². The summed E-state index contributed by atoms with van der Waals surface area (Å²) in [6.45, 7) is 8.69. The third-order valence-electron chi connectivity index (χ3n) is 7.53. The third kappa shape index (κ3) is 3.28. The van der Waals surface area contributed by atoms with Gasteiger partial charge in [0.25, 0.3) is 0 Å². The van der Waals surface area contributed by atoms with Gasteiger partial charge in [-0.2, -0.15) is 0 Å². The van der Waals surface area contributed by atoms with Crippen molar-refractivity contribution in [1.29, 1.82) is 0 Å². The highest BCUT2D eigenvalue weighted by Gasteiger charge is 2.38. The van der Waals surface area contributed by atoms with Crippen LogP contribution in [0.25, 0.3) is 43.8 Å². The molecule has 0 N–H and O–H groups in total. The maximum atomic E-state index is 9.03. The van der Waals surface area contributed by atoms with Gasteiger partial charge in [0.05, 0.1) is 12.3 Å². The molecule has 0 aromatic heterocycles. The molecule has 6 rings (SSSR count). The van der Waals surface area contributed by atoms with E-state index in [1.54, 1.807) is 6.07 Å². The van der Waals surface area contributed by atoms with Gasteiger partial charge in [-0.3, -0.25) is 0 Å². The second-order valence-corrected chi connectivity index (χ2v) is 10.6. The molecule has 0 saturated carbocycles. The van der Waals surface area contributed by atoms with Gasteiger partial charge in [-0.15, -0.1) is 0 Å². The van der Waals surface area contributed by atoms with E-state index in [9.17, 15) is 0 Å². The lowest BCUT2D eigenvalue weighted by molar-refractivity contribution is 0.332. The Kier molecular flexibility index (Phi) is 3.00. The molecular weight excluding hydrogens is 408 g/mol. The fraction of sp³-hybridized carbons (Fsp3) is 0.235. The molecule has 1 aliphatic rings. The van der Waals surface area contributed by atoms with Crippen LogP contribution >= 0.6 is 0 Å². The molecule has 0 aliphatic heterocycles. The predicted molar refractivity (Wildman–Crippen MR) is 148 cm³/mol. The van der Waals surface area contributed by atoms with Crippen LogP contribution in [0.4, 0.5) is 0 Å². The van der Waals surface area contributed by atoms with E-state index in [4.69, 9.17) is 12.3 Å². The highest BCUT2D eigenvalue weighted by atomic mass is 14.4. The Labute approximate surface area is 215 Å². The molecular formula is C34H32. The zero-order valence-electron chi connectivity index (χ0n) is 29.0. The summed E-state index contributed by atoms with van der Waals surface area (Å²) in [5, 5.41) is 2.23. The van der Waals surface area contributed by atoms with E-state index in [1.807, 2.05) is 30.3 Å². The first-order valence-corrected chi connectivity index (χ1v) is 11.8. The topological polar surface area (TPSA) is 0 Å². The summed E-state index contributed by atoms with van der Waals surface area (Å²) in [5.74, 6) is 0. The van der Waals surface area contributed by atoms with Gasteiger partial charge in [-0.25, -0.2) is 0 Å². The van der Waals surface area contributed by atoms with Gasteiger partial charge in [0.2, 0.25) is 0 Å². The molecule has 0 radical (unpaired) electrons. The van der Waals surface area contributed by atoms with Gasteiger partial charge >= 0.3 is 0 Å². The minimum atomic E-state index is -0.468. The maximum absolute atomic E-state index is 9.03. The fourth-order valence-corrected chi connectivity index (χ4v) is 5.46. The molecule has 168 valence electrons. The van der Waals surface area contributed by atoms with Crippen molar-refractivity contribution in [2.24, 2.45) is 0 Å². The normalized spacial score (nSPS) is 20.2. The zero-order valence-corrected chi connectivity index (χ0v) is 20.0. The average molecular weight is 450 g/mol. The standard InChI is InChI=1S/C34H32/c1-33(2)18-19-34(3,4)31-22-29(28(21-30(31)33)23-12-6-5-7-13-23)32-26-16-10-8-14-24(26)20-25-15-9-11-17-27(25)32/h5-17,20-22H,18-19H2,1-4H3/i5D,6D,7D,8D,10D,12D,13D,14D,16D. The van der Waals surface area contributed by atoms with E-state index in [-0.39, 0.29) is 52.6 Å². The highest BCUT2D eigenvalue weighted by molar-refractivity contribution is 6.14. The van der Waals surface area contributed by atoms with E-state index < -0.39 is 18.1 Å². The number of fused-ring (bicyclic) bond motifs is 3. The molecule has 5 aromatic rings. The number of hydrogen-bond acceptors (Lipinski definition) is 0. The van der Waals surface area contributed by atoms with Crippen LogP contribution in [-0.4, -0.2) is 0 Å². The van der Waals surface area contributed by atoms with Crippen LogP contribution in [0.15, 0.2) is 96.8 Å². The molecule has 34 heavy (non-hydrogen) atoms. The minimum Gasteiger partial charge on any atom is -0.0622 e. The smallest absolute Gasteiger partial charge is 0.0622 e. The molecule has 0 amide bonds. The van der Waals surface area contributed by atoms with Crippen molar-refractivity contribution in [3.8, 4) is 22.3 Å². The number of rotatable bonds is 2. The Morgan fingerprint density at radius 1 is 0.618 bits per heavy atom. The van der Waals surface area contributed by atoms with Crippen molar-refractivity contribution in [1.82, 2.24) is 0 Å². The molecule has 0 unspecified atom stereocenters. The lowest BCUT2D eigenvalue weighted by Crippen LogP contribution is -2.34. The second-order valence-electron chi connectivity index (χ2n) is 10.6. The molecule has 1 aliphatic carbocycles. The molecule has 0 fully saturated rings. The lowest BCUT2D eigenvalue weighted by Gasteiger charge is -2.42. The first-order chi connectivity index (χ1) is 20.1. The summed E-state index contributed by atoms with van der Waals surface area (Å²) < 4.78 is 77.7. The largest absolute Gasteiger partial charge is 0.0629 e. The Bertz CT molecular complexity index is 1990. The maximum Gasteiger partial charge on any atom is 0.0629 e. The molecule has 0 nitrogen and oxygen atoms in total. The van der Waals surface area contributed by atoms with Crippen molar-refractivity contribution in [3.63, 3.8) is 0 Å². The Balaban J connectivity index is 1.92. The summed E-state index contributed by atoms with van der Waals surface area (Å²) in [5.41, 5.74) is 3.32. The van der Waals surface area contributed by atoms with Crippen molar-refractivity contribution < 1.29 is 12.3 Å². The van der Waals surface area contributed by atoms with Gasteiger partial charge in [-0.1, -0.05) is 106 Å². The van der Waals surface area contributed by atoms with Crippen LogP contribution < -0.4 is 0 Å². The Hall–Kier alpha value is -3.38. The van der Waals surface area contributed by atoms with Gasteiger partial charge in [0.1, 0.15) is 0 Å². The van der Waals surface area contributed by atoms with Gasteiger partial charge in [0.15, 0.2) is 0 Å². The summed E-state index contributed by atoms with van der Waals surface area (Å²) in [6, 6.07) is 10.4. The quantitative estimate of drug-likeness (QED) is 0.235. The Morgan fingerprint density at radius 2 is 1.24 bits per heavy atom. The molecule has 0 heteroatoms. The second kappa shape index (κ2) is 7.57. The van der Waals surface area contributed by atoms with Crippen LogP contribution in [-0.2, 0) is 10.8 Å². The molecule has 0 heterocycles. The van der Waals surface area contributed by atoms with E-state index >= 15 is 0 Å². The van der Waals surface area contributed by atoms with Gasteiger partial charge < -0.3 is 0 Å². The SMILES string of the molecule is [2H]c1c([2H])c([2H])c(-c2cc3c(cc2-c2c4ccccc4cc4c([2H])c([2H])c([2H])c([2H])c24)C(C)(C)CCC3(C)C)c([2H])c1[2H]. The molecule has 0 bridgehead atoms. The van der Waals surface area contributed by atoms with Crippen molar-refractivity contribution >= 4 is 21.5 Å². The summed E-state index contributed by atoms with van der Waals surface area (Å²) >= 11 is 0. The molecule has 0 atom stereocenters. The average Bonchev–Trinajstić information content (AvgIpc) is 2.98.